The Morgan fingerprint density at radius 1 is 1.23 bits per heavy atom. The lowest BCUT2D eigenvalue weighted by molar-refractivity contribution is -0.117. The molecule has 1 amide bonds. The van der Waals surface area contributed by atoms with Crippen LogP contribution in [0.4, 0.5) is 18.9 Å². The number of carbonyl (C=O) groups is 1. The van der Waals surface area contributed by atoms with Gasteiger partial charge in [0.05, 0.1) is 0 Å². The van der Waals surface area contributed by atoms with Crippen molar-refractivity contribution in [2.45, 2.75) is 25.2 Å². The molecular weight excluding hydrogens is 375 g/mol. The normalized spacial score (nSPS) is 22.4. The highest BCUT2D eigenvalue weighted by Crippen LogP contribution is 2.35. The number of aromatic hydroxyl groups is 1. The lowest BCUT2D eigenvalue weighted by Crippen LogP contribution is -2.40. The summed E-state index contributed by atoms with van der Waals surface area (Å²) in [6, 6.07) is 2.29. The number of halogens is 3. The first-order valence-corrected chi connectivity index (χ1v) is 9.46. The zero-order chi connectivity index (χ0) is 19.1. The van der Waals surface area contributed by atoms with Gasteiger partial charge in [0.15, 0.2) is 5.82 Å². The molecule has 11 heteroatoms. The van der Waals surface area contributed by atoms with Crippen molar-refractivity contribution in [1.82, 2.24) is 9.62 Å². The van der Waals surface area contributed by atoms with E-state index >= 15 is 0 Å². The molecule has 0 atom stereocenters. The van der Waals surface area contributed by atoms with Crippen molar-refractivity contribution in [2.75, 3.05) is 30.5 Å². The molecule has 144 valence electrons. The number of amides is 1. The van der Waals surface area contributed by atoms with Gasteiger partial charge in [0, 0.05) is 32.5 Å². The Morgan fingerprint density at radius 2 is 1.88 bits per heavy atom. The monoisotopic (exact) mass is 393 g/mol. The van der Waals surface area contributed by atoms with Crippen molar-refractivity contribution in [2.24, 2.45) is 0 Å². The van der Waals surface area contributed by atoms with Crippen molar-refractivity contribution in [1.29, 1.82) is 0 Å². The molecule has 0 spiro atoms. The van der Waals surface area contributed by atoms with Crippen LogP contribution >= 0.6 is 0 Å². The molecule has 2 aliphatic heterocycles. The number of piperidine rings is 1. The molecule has 2 fully saturated rings. The fraction of sp³-hybridized carbons (Fsp3) is 0.533. The predicted molar refractivity (Wildman–Crippen MR) is 86.8 cm³/mol. The molecule has 2 aliphatic rings. The molecule has 0 aliphatic carbocycles. The minimum atomic E-state index is -4.23. The minimum absolute atomic E-state index is 0.223. The highest BCUT2D eigenvalue weighted by atomic mass is 32.2. The third kappa shape index (κ3) is 3.88. The highest BCUT2D eigenvalue weighted by Gasteiger charge is 2.37. The lowest BCUT2D eigenvalue weighted by atomic mass is 10.1. The summed E-state index contributed by atoms with van der Waals surface area (Å²) < 4.78 is 66.4. The van der Waals surface area contributed by atoms with E-state index in [1.807, 2.05) is 4.90 Å². The number of carbonyl (C=O) groups excluding carboxylic acids is 1. The van der Waals surface area contributed by atoms with Crippen LogP contribution in [0, 0.1) is 5.82 Å². The second-order valence-corrected chi connectivity index (χ2v) is 8.02. The molecule has 2 N–H and O–H groups in total. The summed E-state index contributed by atoms with van der Waals surface area (Å²) in [5.74, 6) is -5.06. The summed E-state index contributed by atoms with van der Waals surface area (Å²) in [5, 5.41) is 10.1. The predicted octanol–water partition coefficient (Wildman–Crippen LogP) is 0.986. The molecule has 2 heterocycles. The van der Waals surface area contributed by atoms with Crippen molar-refractivity contribution in [3.8, 4) is 5.75 Å². The maximum absolute atomic E-state index is 14.4. The minimum Gasteiger partial charge on any atom is -0.506 e. The molecule has 7 nitrogen and oxygen atoms in total. The van der Waals surface area contributed by atoms with Gasteiger partial charge in [0.25, 0.3) is 11.8 Å². The molecule has 1 aromatic rings. The zero-order valence-corrected chi connectivity index (χ0v) is 14.5. The Balaban J connectivity index is 1.71. The lowest BCUT2D eigenvalue weighted by Gasteiger charge is -2.31. The van der Waals surface area contributed by atoms with Crippen LogP contribution < -0.4 is 9.03 Å². The van der Waals surface area contributed by atoms with E-state index in [0.717, 1.165) is 6.07 Å². The number of phenols is 1. The SMILES string of the molecule is O=C1CN(c2c(O)cc(CCN3CCC(F)(F)CC3)cc2F)S(=O)(=O)N1. The number of likely N-dealkylation sites (tertiary alicyclic amines) is 1. The van der Waals surface area contributed by atoms with E-state index < -0.39 is 45.8 Å². The van der Waals surface area contributed by atoms with Crippen LogP contribution in [0.1, 0.15) is 18.4 Å². The Hall–Kier alpha value is -2.01. The average molecular weight is 393 g/mol. The largest absolute Gasteiger partial charge is 0.506 e. The van der Waals surface area contributed by atoms with Gasteiger partial charge in [-0.2, -0.15) is 8.42 Å². The van der Waals surface area contributed by atoms with Crippen LogP contribution in [0.5, 0.6) is 5.75 Å². The third-order valence-corrected chi connectivity index (χ3v) is 5.85. The second-order valence-electron chi connectivity index (χ2n) is 6.43. The van der Waals surface area contributed by atoms with Gasteiger partial charge in [-0.05, 0) is 24.1 Å². The molecular formula is C15H18F3N3O4S. The number of hydrogen-bond donors (Lipinski definition) is 2. The van der Waals surface area contributed by atoms with Crippen molar-refractivity contribution in [3.63, 3.8) is 0 Å². The summed E-state index contributed by atoms with van der Waals surface area (Å²) in [6.45, 7) is 0.267. The Kier molecular flexibility index (Phi) is 4.78. The molecule has 0 radical (unpaired) electrons. The van der Waals surface area contributed by atoms with Crippen LogP contribution in [0.2, 0.25) is 0 Å². The fourth-order valence-electron chi connectivity index (χ4n) is 3.07. The third-order valence-electron chi connectivity index (χ3n) is 4.48. The highest BCUT2D eigenvalue weighted by molar-refractivity contribution is 7.92. The molecule has 3 rings (SSSR count). The molecule has 0 saturated carbocycles. The number of alkyl halides is 2. The topological polar surface area (TPSA) is 90.0 Å². The van der Waals surface area contributed by atoms with Crippen LogP contribution in [0.15, 0.2) is 12.1 Å². The van der Waals surface area contributed by atoms with Crippen molar-refractivity contribution in [3.05, 3.63) is 23.5 Å². The van der Waals surface area contributed by atoms with Crippen LogP contribution in [-0.4, -0.2) is 56.4 Å². The van der Waals surface area contributed by atoms with Crippen molar-refractivity contribution >= 4 is 21.8 Å². The van der Waals surface area contributed by atoms with E-state index in [2.05, 4.69) is 0 Å². The summed E-state index contributed by atoms with van der Waals surface area (Å²) in [4.78, 5) is 13.1. The van der Waals surface area contributed by atoms with Crippen molar-refractivity contribution < 1.29 is 31.5 Å². The van der Waals surface area contributed by atoms with Crippen LogP contribution in [-0.2, 0) is 21.4 Å². The van der Waals surface area contributed by atoms with E-state index in [-0.39, 0.29) is 25.9 Å². The standard InChI is InChI=1S/C15H18F3N3O4S/c16-11-7-10(1-4-20-5-2-15(17,18)3-6-20)8-12(22)14(11)21-9-13(23)19-26(21,24)25/h7-8,22H,1-6,9H2,(H,19,23). The van der Waals surface area contributed by atoms with Gasteiger partial charge in [-0.15, -0.1) is 0 Å². The number of benzene rings is 1. The summed E-state index contributed by atoms with van der Waals surface area (Å²) in [7, 11) is -4.23. The summed E-state index contributed by atoms with van der Waals surface area (Å²) >= 11 is 0. The summed E-state index contributed by atoms with van der Waals surface area (Å²) in [6.07, 6.45) is -0.140. The van der Waals surface area contributed by atoms with E-state index in [4.69, 9.17) is 0 Å². The van der Waals surface area contributed by atoms with Gasteiger partial charge in [0.1, 0.15) is 18.0 Å². The number of hydrogen-bond acceptors (Lipinski definition) is 5. The number of rotatable bonds is 4. The van der Waals surface area contributed by atoms with Crippen LogP contribution in [0.25, 0.3) is 0 Å². The average Bonchev–Trinajstić information content (AvgIpc) is 2.78. The first kappa shape index (κ1) is 18.8. The Morgan fingerprint density at radius 3 is 2.42 bits per heavy atom. The van der Waals surface area contributed by atoms with Gasteiger partial charge in [-0.1, -0.05) is 0 Å². The van der Waals surface area contributed by atoms with Gasteiger partial charge >= 0.3 is 10.2 Å². The Labute approximate surface area is 148 Å². The number of phenolic OH excluding ortho intramolecular Hbond substituents is 1. The molecule has 1 aromatic carbocycles. The number of nitrogens with one attached hydrogen (secondary N) is 1. The molecule has 0 bridgehead atoms. The number of nitrogens with zero attached hydrogens (tertiary/aromatic N) is 2. The molecule has 26 heavy (non-hydrogen) atoms. The van der Waals surface area contributed by atoms with Crippen LogP contribution in [0.3, 0.4) is 0 Å². The number of anilines is 1. The van der Waals surface area contributed by atoms with Gasteiger partial charge in [-0.3, -0.25) is 4.79 Å². The first-order chi connectivity index (χ1) is 12.1. The molecule has 0 aromatic heterocycles. The fourth-order valence-corrected chi connectivity index (χ4v) is 4.24. The molecule has 2 saturated heterocycles. The first-order valence-electron chi connectivity index (χ1n) is 8.02. The maximum Gasteiger partial charge on any atom is 0.326 e. The quantitative estimate of drug-likeness (QED) is 0.796. The summed E-state index contributed by atoms with van der Waals surface area (Å²) in [5.41, 5.74) is -0.193. The van der Waals surface area contributed by atoms with E-state index in [9.17, 15) is 31.5 Å². The van der Waals surface area contributed by atoms with Gasteiger partial charge in [-0.25, -0.2) is 22.2 Å². The molecule has 0 unspecified atom stereocenters. The second kappa shape index (κ2) is 6.62. The van der Waals surface area contributed by atoms with E-state index in [1.165, 1.54) is 6.07 Å². The Bertz CT molecular complexity index is 798. The van der Waals surface area contributed by atoms with Gasteiger partial charge in [0.2, 0.25) is 0 Å². The smallest absolute Gasteiger partial charge is 0.326 e. The van der Waals surface area contributed by atoms with Gasteiger partial charge < -0.3 is 10.0 Å². The zero-order valence-electron chi connectivity index (χ0n) is 13.7. The van der Waals surface area contributed by atoms with E-state index in [1.54, 1.807) is 4.72 Å². The van der Waals surface area contributed by atoms with E-state index in [0.29, 0.717) is 22.8 Å². The maximum atomic E-state index is 14.4.